The summed E-state index contributed by atoms with van der Waals surface area (Å²) >= 11 is 0. The molecule has 5 nitrogen and oxygen atoms in total. The summed E-state index contributed by atoms with van der Waals surface area (Å²) in [6, 6.07) is 0. The summed E-state index contributed by atoms with van der Waals surface area (Å²) in [4.78, 5) is 11.4. The van der Waals surface area contributed by atoms with Crippen molar-refractivity contribution in [3.63, 3.8) is 0 Å². The fourth-order valence-corrected chi connectivity index (χ4v) is 2.87. The van der Waals surface area contributed by atoms with Gasteiger partial charge in [-0.3, -0.25) is 9.52 Å². The Morgan fingerprint density at radius 3 is 1.95 bits per heavy atom. The Morgan fingerprint density at radius 1 is 1.27 bits per heavy atom. The molecule has 2 rings (SSSR count). The molecule has 1 unspecified atom stereocenters. The molecule has 2 aliphatic carbocycles. The molecule has 132 valence electrons. The van der Waals surface area contributed by atoms with Crippen LogP contribution in [0.2, 0.25) is 0 Å². The van der Waals surface area contributed by atoms with Crippen molar-refractivity contribution in [2.45, 2.75) is 51.2 Å². The Hall–Kier alpha value is -1.02. The van der Waals surface area contributed by atoms with E-state index in [-0.39, 0.29) is 6.42 Å². The molecular weight excluding hydrogens is 314 g/mol. The van der Waals surface area contributed by atoms with Crippen LogP contribution in [0.25, 0.3) is 0 Å². The first kappa shape index (κ1) is 23.2. The van der Waals surface area contributed by atoms with Gasteiger partial charge in [-0.1, -0.05) is 13.8 Å². The number of hydrogen-bond donors (Lipinski definition) is 2. The lowest BCUT2D eigenvalue weighted by molar-refractivity contribution is -0.121. The molecule has 22 heavy (non-hydrogen) atoms. The van der Waals surface area contributed by atoms with Crippen molar-refractivity contribution in [3.8, 4) is 0 Å². The topological polar surface area (TPSA) is 89.3 Å². The van der Waals surface area contributed by atoms with Gasteiger partial charge in [-0.15, -0.1) is 13.2 Å². The zero-order chi connectivity index (χ0) is 18.1. The first-order valence-electron chi connectivity index (χ1n) is 7.19. The van der Waals surface area contributed by atoms with Crippen molar-refractivity contribution in [2.75, 3.05) is 7.05 Å². The molecule has 0 aliphatic heterocycles. The van der Waals surface area contributed by atoms with E-state index in [2.05, 4.69) is 18.9 Å². The van der Waals surface area contributed by atoms with Gasteiger partial charge >= 0.3 is 0 Å². The molecule has 2 fully saturated rings. The summed E-state index contributed by atoms with van der Waals surface area (Å²) < 4.78 is 48.6. The number of amides is 1. The van der Waals surface area contributed by atoms with E-state index in [0.717, 1.165) is 0 Å². The van der Waals surface area contributed by atoms with Gasteiger partial charge in [0.15, 0.2) is 0 Å². The summed E-state index contributed by atoms with van der Waals surface area (Å²) in [5.74, 6) is -2.59. The molecule has 0 heterocycles. The fraction of sp³-hybridized carbons (Fsp3) is 0.786. The van der Waals surface area contributed by atoms with Crippen LogP contribution in [0.5, 0.6) is 0 Å². The van der Waals surface area contributed by atoms with Crippen molar-refractivity contribution in [1.82, 2.24) is 4.72 Å². The van der Waals surface area contributed by atoms with E-state index in [4.69, 9.17) is 0 Å². The second-order valence-corrected chi connectivity index (χ2v) is 6.96. The number of nitrogens with one attached hydrogen (secondary N) is 1. The maximum Gasteiger partial charge on any atom is 0.242 e. The van der Waals surface area contributed by atoms with Gasteiger partial charge in [-0.05, 0) is 33.2 Å². The summed E-state index contributed by atoms with van der Waals surface area (Å²) in [5, 5.41) is 0. The van der Waals surface area contributed by atoms with Crippen LogP contribution < -0.4 is 10.5 Å². The van der Waals surface area contributed by atoms with Crippen LogP contribution in [0.3, 0.4) is 0 Å². The maximum atomic E-state index is 12.2. The average Bonchev–Trinajstić information content (AvgIpc) is 3.39. The van der Waals surface area contributed by atoms with E-state index in [1.54, 1.807) is 6.92 Å². The van der Waals surface area contributed by atoms with Gasteiger partial charge in [0, 0.05) is 11.8 Å². The Balaban J connectivity index is 0. The van der Waals surface area contributed by atoms with E-state index < -0.39 is 38.9 Å². The molecule has 0 aromatic heterocycles. The highest BCUT2D eigenvalue weighted by Gasteiger charge is 2.54. The fourth-order valence-electron chi connectivity index (χ4n) is 1.57. The highest BCUT2D eigenvalue weighted by atomic mass is 32.2. The zero-order valence-electron chi connectivity index (χ0n) is 13.7. The Morgan fingerprint density at radius 2 is 1.68 bits per heavy atom. The van der Waals surface area contributed by atoms with Gasteiger partial charge in [0.2, 0.25) is 22.4 Å². The van der Waals surface area contributed by atoms with E-state index in [1.165, 1.54) is 7.05 Å². The normalized spacial score (nSPS) is 23.5. The molecule has 0 aromatic rings. The van der Waals surface area contributed by atoms with Crippen LogP contribution in [0.15, 0.2) is 13.2 Å². The maximum absolute atomic E-state index is 12.2. The zero-order valence-corrected chi connectivity index (χ0v) is 14.6. The molecule has 2 aliphatic rings. The number of alkyl halides is 2. The molecule has 0 bridgehead atoms. The minimum Gasteiger partial charge on any atom is -0.333 e. The molecule has 2 atom stereocenters. The lowest BCUT2D eigenvalue weighted by Crippen LogP contribution is -2.39. The van der Waals surface area contributed by atoms with Crippen LogP contribution in [-0.2, 0) is 14.8 Å². The van der Waals surface area contributed by atoms with Gasteiger partial charge in [0.05, 0.1) is 4.75 Å². The van der Waals surface area contributed by atoms with Crippen molar-refractivity contribution < 1.29 is 22.0 Å². The van der Waals surface area contributed by atoms with Crippen molar-refractivity contribution in [2.24, 2.45) is 17.6 Å². The summed E-state index contributed by atoms with van der Waals surface area (Å²) in [6.45, 7) is 11.5. The Bertz CT molecular complexity index is 437. The summed E-state index contributed by atoms with van der Waals surface area (Å²) in [6.07, 6.45) is -1.44. The standard InChI is InChI=1S/C9H13F2NO3S.C2H6.C2H4.CH5N/c1-9(2-3-9)16(14,15)12-8(13)6-4-5(6)7(10)11;3*1-2/h5-7H,2-4H2,1H3,(H,12,13);1-2H3;1-2H2;2H2,1H3/t5?,6-;;;/m0.../s1. The van der Waals surface area contributed by atoms with Crippen molar-refractivity contribution in [1.29, 1.82) is 0 Å². The molecule has 0 aromatic carbocycles. The molecule has 2 saturated carbocycles. The summed E-state index contributed by atoms with van der Waals surface area (Å²) in [7, 11) is -2.18. The first-order chi connectivity index (χ1) is 10.3. The Kier molecular flexibility index (Phi) is 10.4. The third kappa shape index (κ3) is 6.00. The SMILES string of the molecule is C=C.CC.CC1(S(=O)(=O)NC(=O)[C@H]2CC2C(F)F)CC1.CN. The van der Waals surface area contributed by atoms with Gasteiger partial charge in [0.1, 0.15) is 0 Å². The molecular formula is C14H28F2N2O3S. The summed E-state index contributed by atoms with van der Waals surface area (Å²) in [5.41, 5.74) is 4.50. The number of halogens is 2. The highest BCUT2D eigenvalue weighted by Crippen LogP contribution is 2.45. The predicted octanol–water partition coefficient (Wildman–Crippen LogP) is 2.29. The van der Waals surface area contributed by atoms with Crippen LogP contribution in [0, 0.1) is 11.8 Å². The van der Waals surface area contributed by atoms with E-state index in [0.29, 0.717) is 12.8 Å². The van der Waals surface area contributed by atoms with E-state index in [9.17, 15) is 22.0 Å². The molecule has 8 heteroatoms. The number of carbonyl (C=O) groups is 1. The number of carbonyl (C=O) groups excluding carboxylic acids is 1. The van der Waals surface area contributed by atoms with Gasteiger partial charge in [-0.25, -0.2) is 17.2 Å². The molecule has 0 spiro atoms. The van der Waals surface area contributed by atoms with Gasteiger partial charge < -0.3 is 5.73 Å². The quantitative estimate of drug-likeness (QED) is 0.767. The second kappa shape index (κ2) is 9.89. The second-order valence-electron chi connectivity index (χ2n) is 4.76. The third-order valence-electron chi connectivity index (χ3n) is 3.34. The third-order valence-corrected chi connectivity index (χ3v) is 5.51. The molecule has 0 radical (unpaired) electrons. The van der Waals surface area contributed by atoms with Crippen LogP contribution in [0.1, 0.15) is 40.0 Å². The van der Waals surface area contributed by atoms with Gasteiger partial charge in [-0.2, -0.15) is 0 Å². The van der Waals surface area contributed by atoms with Crippen LogP contribution in [-0.4, -0.2) is 32.5 Å². The number of nitrogens with two attached hydrogens (primary N) is 1. The minimum atomic E-state index is -3.68. The van der Waals surface area contributed by atoms with Crippen LogP contribution in [0.4, 0.5) is 8.78 Å². The molecule has 0 saturated heterocycles. The van der Waals surface area contributed by atoms with E-state index >= 15 is 0 Å². The molecule has 1 amide bonds. The Labute approximate surface area is 132 Å². The van der Waals surface area contributed by atoms with Crippen molar-refractivity contribution in [3.05, 3.63) is 13.2 Å². The average molecular weight is 342 g/mol. The molecule has 3 N–H and O–H groups in total. The lowest BCUT2D eigenvalue weighted by Gasteiger charge is -2.11. The predicted molar refractivity (Wildman–Crippen MR) is 85.0 cm³/mol. The lowest BCUT2D eigenvalue weighted by atomic mass is 10.3. The smallest absolute Gasteiger partial charge is 0.242 e. The number of sulfonamides is 1. The van der Waals surface area contributed by atoms with E-state index in [1.807, 2.05) is 18.6 Å². The number of hydrogen-bond acceptors (Lipinski definition) is 4. The van der Waals surface area contributed by atoms with Crippen molar-refractivity contribution >= 4 is 15.9 Å². The first-order valence-corrected chi connectivity index (χ1v) is 8.67. The number of rotatable bonds is 4. The van der Waals surface area contributed by atoms with Crippen LogP contribution >= 0.6 is 0 Å². The minimum absolute atomic E-state index is 0.0791. The highest BCUT2D eigenvalue weighted by molar-refractivity contribution is 7.91. The monoisotopic (exact) mass is 342 g/mol. The van der Waals surface area contributed by atoms with Gasteiger partial charge in [0.25, 0.3) is 0 Å². The largest absolute Gasteiger partial charge is 0.333 e.